The summed E-state index contributed by atoms with van der Waals surface area (Å²) in [6, 6.07) is 51.7. The number of hydrogen-bond acceptors (Lipinski definition) is 3. The van der Waals surface area contributed by atoms with Crippen molar-refractivity contribution in [1.29, 1.82) is 0 Å². The summed E-state index contributed by atoms with van der Waals surface area (Å²) < 4.78 is 2.67. The maximum absolute atomic E-state index is 5.12. The van der Waals surface area contributed by atoms with Crippen LogP contribution in [-0.2, 0) is 0 Å². The summed E-state index contributed by atoms with van der Waals surface area (Å²) in [5.41, 5.74) is 5.00. The Kier molecular flexibility index (Phi) is 5.40. The monoisotopic (exact) mass is 564 g/mol. The van der Waals surface area contributed by atoms with Gasteiger partial charge in [-0.05, 0) is 45.1 Å². The first-order valence-corrected chi connectivity index (χ1v) is 15.3. The molecule has 43 heavy (non-hydrogen) atoms. The molecule has 0 radical (unpaired) electrons. The summed E-state index contributed by atoms with van der Waals surface area (Å²) in [5.74, 6) is 0.728. The summed E-state index contributed by atoms with van der Waals surface area (Å²) in [5, 5.41) is 10.3. The maximum atomic E-state index is 5.12. The molecule has 2 aromatic heterocycles. The van der Waals surface area contributed by atoms with Gasteiger partial charge in [0.05, 0.1) is 11.4 Å². The average Bonchev–Trinajstić information content (AvgIpc) is 3.47. The van der Waals surface area contributed by atoms with E-state index < -0.39 is 0 Å². The Morgan fingerprint density at radius 3 is 1.60 bits per heavy atom. The third kappa shape index (κ3) is 3.86. The van der Waals surface area contributed by atoms with Gasteiger partial charge in [-0.3, -0.25) is 0 Å². The smallest absolute Gasteiger partial charge is 0.160 e. The predicted octanol–water partition coefficient (Wildman–Crippen LogP) is 11.3. The Bertz CT molecular complexity index is 2440. The molecule has 0 atom stereocenters. The summed E-state index contributed by atoms with van der Waals surface area (Å²) >= 11 is 1.89. The fourth-order valence-electron chi connectivity index (χ4n) is 6.45. The third-order valence-electron chi connectivity index (χ3n) is 8.47. The topological polar surface area (TPSA) is 25.8 Å². The van der Waals surface area contributed by atoms with Crippen LogP contribution in [0, 0.1) is 0 Å². The number of thiophene rings is 1. The minimum absolute atomic E-state index is 0.728. The van der Waals surface area contributed by atoms with Crippen molar-refractivity contribution < 1.29 is 0 Å². The van der Waals surface area contributed by atoms with Gasteiger partial charge in [-0.15, -0.1) is 11.3 Å². The van der Waals surface area contributed by atoms with Gasteiger partial charge in [0.25, 0.3) is 0 Å². The van der Waals surface area contributed by atoms with E-state index in [-0.39, 0.29) is 0 Å². The van der Waals surface area contributed by atoms with Gasteiger partial charge in [0.2, 0.25) is 0 Å². The van der Waals surface area contributed by atoms with Crippen molar-refractivity contribution >= 4 is 63.8 Å². The molecule has 3 heteroatoms. The van der Waals surface area contributed by atoms with E-state index in [4.69, 9.17) is 9.97 Å². The van der Waals surface area contributed by atoms with Crippen molar-refractivity contribution in [2.45, 2.75) is 0 Å². The van der Waals surface area contributed by atoms with E-state index >= 15 is 0 Å². The Morgan fingerprint density at radius 2 is 0.907 bits per heavy atom. The van der Waals surface area contributed by atoms with E-state index in [1.54, 1.807) is 0 Å². The van der Waals surface area contributed by atoms with Crippen molar-refractivity contribution in [3.63, 3.8) is 0 Å². The number of aromatic nitrogens is 2. The fourth-order valence-corrected chi connectivity index (χ4v) is 7.71. The number of benzene rings is 7. The van der Waals surface area contributed by atoms with E-state index in [0.717, 1.165) is 33.9 Å². The Balaban J connectivity index is 1.35. The lowest BCUT2D eigenvalue weighted by molar-refractivity contribution is 1.18. The van der Waals surface area contributed by atoms with E-state index in [2.05, 4.69) is 133 Å². The molecule has 0 N–H and O–H groups in total. The van der Waals surface area contributed by atoms with Crippen LogP contribution in [0.2, 0.25) is 0 Å². The quantitative estimate of drug-likeness (QED) is 0.199. The maximum Gasteiger partial charge on any atom is 0.160 e. The first-order valence-electron chi connectivity index (χ1n) is 14.5. The summed E-state index contributed by atoms with van der Waals surface area (Å²) in [6.07, 6.45) is 0. The highest BCUT2D eigenvalue weighted by molar-refractivity contribution is 7.26. The van der Waals surface area contributed by atoms with Crippen molar-refractivity contribution in [3.05, 3.63) is 146 Å². The predicted molar refractivity (Wildman–Crippen MR) is 184 cm³/mol. The molecule has 0 aliphatic carbocycles. The highest BCUT2D eigenvalue weighted by Gasteiger charge is 2.17. The van der Waals surface area contributed by atoms with Gasteiger partial charge in [0, 0.05) is 42.2 Å². The fraction of sp³-hybridized carbons (Fsp3) is 0. The minimum atomic E-state index is 0.728. The molecule has 0 aliphatic rings. The number of fused-ring (bicyclic) bond motifs is 10. The molecule has 0 spiro atoms. The van der Waals surface area contributed by atoms with E-state index in [1.807, 2.05) is 23.5 Å². The Morgan fingerprint density at radius 1 is 0.372 bits per heavy atom. The summed E-state index contributed by atoms with van der Waals surface area (Å²) in [6.45, 7) is 0. The first kappa shape index (κ1) is 24.2. The van der Waals surface area contributed by atoms with E-state index in [1.165, 1.54) is 52.5 Å². The van der Waals surface area contributed by atoms with Crippen molar-refractivity contribution in [2.24, 2.45) is 0 Å². The van der Waals surface area contributed by atoms with Crippen LogP contribution >= 0.6 is 11.3 Å². The molecule has 9 rings (SSSR count). The largest absolute Gasteiger partial charge is 0.228 e. The summed E-state index contributed by atoms with van der Waals surface area (Å²) in [7, 11) is 0. The lowest BCUT2D eigenvalue weighted by Crippen LogP contribution is -1.96. The molecule has 7 aromatic carbocycles. The molecule has 200 valence electrons. The Labute approximate surface area is 252 Å². The van der Waals surface area contributed by atoms with Crippen LogP contribution in [0.3, 0.4) is 0 Å². The second kappa shape index (κ2) is 9.59. The Hall–Kier alpha value is -5.38. The van der Waals surface area contributed by atoms with E-state index in [0.29, 0.717) is 0 Å². The van der Waals surface area contributed by atoms with Crippen LogP contribution in [0.4, 0.5) is 0 Å². The molecule has 0 aliphatic heterocycles. The SMILES string of the molecule is c1ccc(-c2cc(-c3ccccc3)nc(-c3ccc4c(c3)c3ccccc3c3ccc5c6ccccc6sc5c34)n2)cc1. The van der Waals surface area contributed by atoms with Crippen molar-refractivity contribution in [1.82, 2.24) is 9.97 Å². The highest BCUT2D eigenvalue weighted by atomic mass is 32.1. The molecular weight excluding hydrogens is 541 g/mol. The zero-order valence-corrected chi connectivity index (χ0v) is 24.0. The molecule has 0 saturated heterocycles. The standard InChI is InChI=1S/C40H24N2S/c1-3-11-25(12-4-1)35-24-36(26-13-5-2-6-14-26)42-40(41-35)27-19-20-32-34(23-27)29-16-8-7-15-28(29)31-21-22-33-30-17-9-10-18-37(30)43-39(33)38(31)32/h1-24H. The zero-order chi connectivity index (χ0) is 28.3. The molecule has 0 fully saturated rings. The molecule has 0 bridgehead atoms. The van der Waals surface area contributed by atoms with Crippen molar-refractivity contribution in [2.75, 3.05) is 0 Å². The van der Waals surface area contributed by atoms with Crippen LogP contribution in [0.1, 0.15) is 0 Å². The molecule has 0 amide bonds. The molecule has 2 nitrogen and oxygen atoms in total. The lowest BCUT2D eigenvalue weighted by atomic mass is 9.92. The molecule has 0 saturated carbocycles. The zero-order valence-electron chi connectivity index (χ0n) is 23.2. The third-order valence-corrected chi connectivity index (χ3v) is 9.67. The van der Waals surface area contributed by atoms with E-state index in [9.17, 15) is 0 Å². The molecule has 9 aromatic rings. The summed E-state index contributed by atoms with van der Waals surface area (Å²) in [4.78, 5) is 10.2. The van der Waals surface area contributed by atoms with Gasteiger partial charge in [-0.25, -0.2) is 9.97 Å². The second-order valence-electron chi connectivity index (χ2n) is 11.0. The first-order chi connectivity index (χ1) is 21.3. The highest BCUT2D eigenvalue weighted by Crippen LogP contribution is 2.44. The van der Waals surface area contributed by atoms with Crippen molar-refractivity contribution in [3.8, 4) is 33.9 Å². The van der Waals surface area contributed by atoms with Gasteiger partial charge in [0.15, 0.2) is 5.82 Å². The van der Waals surface area contributed by atoms with Gasteiger partial charge in [-0.2, -0.15) is 0 Å². The van der Waals surface area contributed by atoms with Gasteiger partial charge >= 0.3 is 0 Å². The molecule has 2 heterocycles. The van der Waals surface area contributed by atoms with Gasteiger partial charge < -0.3 is 0 Å². The minimum Gasteiger partial charge on any atom is -0.228 e. The molecular formula is C40H24N2S. The van der Waals surface area contributed by atoms with Crippen LogP contribution in [-0.4, -0.2) is 9.97 Å². The van der Waals surface area contributed by atoms with Crippen LogP contribution in [0.25, 0.3) is 86.4 Å². The van der Waals surface area contributed by atoms with Crippen LogP contribution in [0.15, 0.2) is 146 Å². The van der Waals surface area contributed by atoms with Gasteiger partial charge in [-0.1, -0.05) is 127 Å². The lowest BCUT2D eigenvalue weighted by Gasteiger charge is -2.13. The number of rotatable bonds is 3. The van der Waals surface area contributed by atoms with Crippen LogP contribution in [0.5, 0.6) is 0 Å². The average molecular weight is 565 g/mol. The van der Waals surface area contributed by atoms with Gasteiger partial charge in [0.1, 0.15) is 0 Å². The van der Waals surface area contributed by atoms with Crippen LogP contribution < -0.4 is 0 Å². The molecule has 0 unspecified atom stereocenters. The number of nitrogens with zero attached hydrogens (tertiary/aromatic N) is 2. The second-order valence-corrected chi connectivity index (χ2v) is 12.0. The normalized spacial score (nSPS) is 11.7. The number of hydrogen-bond donors (Lipinski definition) is 0.